The third kappa shape index (κ3) is 4.01. The van der Waals surface area contributed by atoms with Crippen LogP contribution >= 0.6 is 0 Å². The molecule has 0 N–H and O–H groups in total. The van der Waals surface area contributed by atoms with Gasteiger partial charge in [-0.3, -0.25) is 0 Å². The predicted octanol–water partition coefficient (Wildman–Crippen LogP) is 0.563. The summed E-state index contributed by atoms with van der Waals surface area (Å²) in [5.41, 5.74) is -0.0984. The molecule has 0 amide bonds. The van der Waals surface area contributed by atoms with Gasteiger partial charge in [0.2, 0.25) is 0 Å². The molecule has 0 aliphatic carbocycles. The van der Waals surface area contributed by atoms with E-state index >= 15 is 0 Å². The molecule has 2 heteroatoms. The third-order valence-electron chi connectivity index (χ3n) is 1.58. The Labute approximate surface area is 55.9 Å². The summed E-state index contributed by atoms with van der Waals surface area (Å²) in [6.07, 6.45) is 1.03. The average Bonchev–Trinajstić information content (AvgIpc) is 1.63. The highest BCUT2D eigenvalue weighted by Gasteiger charge is 2.14. The molecule has 0 saturated heterocycles. The van der Waals surface area contributed by atoms with Gasteiger partial charge in [-0.2, -0.15) is 0 Å². The van der Waals surface area contributed by atoms with Crippen molar-refractivity contribution in [3.8, 4) is 0 Å². The van der Waals surface area contributed by atoms with E-state index in [9.17, 15) is 9.90 Å². The number of aliphatic carboxylic acids is 1. The van der Waals surface area contributed by atoms with Crippen molar-refractivity contribution >= 4 is 5.97 Å². The Hall–Kier alpha value is -0.530. The Kier molecular flexibility index (Phi) is 2.68. The number of hydrogen-bond donors (Lipinski definition) is 0. The fourth-order valence-electron chi connectivity index (χ4n) is 0.516. The first-order chi connectivity index (χ1) is 3.98. The minimum absolute atomic E-state index is 0.0984. The summed E-state index contributed by atoms with van der Waals surface area (Å²) in [6.45, 7) is 5.81. The molecule has 0 atom stereocenters. The zero-order chi connectivity index (χ0) is 7.49. The largest absolute Gasteiger partial charge is 0.550 e. The molecule has 0 spiro atoms. The minimum atomic E-state index is -0.957. The van der Waals surface area contributed by atoms with Crippen molar-refractivity contribution in [3.63, 3.8) is 0 Å². The quantitative estimate of drug-likeness (QED) is 0.558. The number of hydrogen-bond acceptors (Lipinski definition) is 2. The van der Waals surface area contributed by atoms with Gasteiger partial charge in [-0.25, -0.2) is 0 Å². The zero-order valence-electron chi connectivity index (χ0n) is 6.23. The van der Waals surface area contributed by atoms with E-state index in [0.717, 1.165) is 6.42 Å². The summed E-state index contributed by atoms with van der Waals surface area (Å²) >= 11 is 0. The second-order valence-corrected chi connectivity index (χ2v) is 3.07. The molecule has 0 bridgehead atoms. The van der Waals surface area contributed by atoms with E-state index in [1.54, 1.807) is 0 Å². The van der Waals surface area contributed by atoms with Crippen molar-refractivity contribution in [2.24, 2.45) is 5.41 Å². The Morgan fingerprint density at radius 2 is 2.00 bits per heavy atom. The van der Waals surface area contributed by atoms with E-state index in [4.69, 9.17) is 0 Å². The molecule has 0 aliphatic heterocycles. The molecule has 0 radical (unpaired) electrons. The summed E-state index contributed by atoms with van der Waals surface area (Å²) in [5, 5.41) is 10.1. The lowest BCUT2D eigenvalue weighted by Gasteiger charge is -2.22. The van der Waals surface area contributed by atoms with Gasteiger partial charge in [-0.05, 0) is 11.8 Å². The number of carbonyl (C=O) groups is 1. The van der Waals surface area contributed by atoms with Crippen LogP contribution in [0.1, 0.15) is 33.6 Å². The number of carbonyl (C=O) groups excluding carboxylic acids is 1. The zero-order valence-corrected chi connectivity index (χ0v) is 6.23. The fraction of sp³-hybridized carbons (Fsp3) is 0.857. The number of carboxylic acids is 1. The fourth-order valence-corrected chi connectivity index (χ4v) is 0.516. The first kappa shape index (κ1) is 8.47. The highest BCUT2D eigenvalue weighted by molar-refractivity contribution is 5.65. The highest BCUT2D eigenvalue weighted by Crippen LogP contribution is 2.23. The SMILES string of the molecule is CCC(C)(C)CC(=O)[O-]. The maximum absolute atomic E-state index is 10.1. The molecule has 0 aromatic carbocycles. The van der Waals surface area contributed by atoms with Gasteiger partial charge in [0.15, 0.2) is 0 Å². The van der Waals surface area contributed by atoms with Crippen LogP contribution in [0.25, 0.3) is 0 Å². The lowest BCUT2D eigenvalue weighted by molar-refractivity contribution is -0.307. The second-order valence-electron chi connectivity index (χ2n) is 3.07. The lowest BCUT2D eigenvalue weighted by Crippen LogP contribution is -2.28. The van der Waals surface area contributed by atoms with Gasteiger partial charge in [0.25, 0.3) is 0 Å². The van der Waals surface area contributed by atoms with Crippen LogP contribution in [-0.2, 0) is 4.79 Å². The number of carboxylic acid groups (broad SMARTS) is 1. The predicted molar refractivity (Wildman–Crippen MR) is 33.7 cm³/mol. The molecule has 0 fully saturated rings. The monoisotopic (exact) mass is 129 g/mol. The third-order valence-corrected chi connectivity index (χ3v) is 1.58. The summed E-state index contributed by atoms with van der Waals surface area (Å²) in [5.74, 6) is -0.957. The van der Waals surface area contributed by atoms with Crippen LogP contribution in [0.4, 0.5) is 0 Å². The molecule has 2 nitrogen and oxygen atoms in total. The van der Waals surface area contributed by atoms with Gasteiger partial charge >= 0.3 is 0 Å². The van der Waals surface area contributed by atoms with Crippen LogP contribution < -0.4 is 5.11 Å². The Morgan fingerprint density at radius 1 is 1.56 bits per heavy atom. The van der Waals surface area contributed by atoms with E-state index in [-0.39, 0.29) is 11.8 Å². The van der Waals surface area contributed by atoms with E-state index in [1.807, 2.05) is 20.8 Å². The molecular formula is C7H13O2-. The van der Waals surface area contributed by atoms with Crippen molar-refractivity contribution in [3.05, 3.63) is 0 Å². The maximum Gasteiger partial charge on any atom is 0.0419 e. The van der Waals surface area contributed by atoms with Gasteiger partial charge in [0, 0.05) is 5.97 Å². The van der Waals surface area contributed by atoms with Crippen molar-refractivity contribution in [1.29, 1.82) is 0 Å². The summed E-state index contributed by atoms with van der Waals surface area (Å²) < 4.78 is 0. The molecule has 0 rings (SSSR count). The van der Waals surface area contributed by atoms with Gasteiger partial charge in [-0.1, -0.05) is 27.2 Å². The van der Waals surface area contributed by atoms with Crippen molar-refractivity contribution < 1.29 is 9.90 Å². The van der Waals surface area contributed by atoms with Crippen LogP contribution in [0.3, 0.4) is 0 Å². The van der Waals surface area contributed by atoms with Crippen LogP contribution in [0.2, 0.25) is 0 Å². The Morgan fingerprint density at radius 3 is 2.11 bits per heavy atom. The molecule has 54 valence electrons. The molecule has 9 heavy (non-hydrogen) atoms. The molecule has 0 saturated carbocycles. The Balaban J connectivity index is 3.71. The molecule has 0 heterocycles. The second kappa shape index (κ2) is 2.85. The minimum Gasteiger partial charge on any atom is -0.550 e. The van der Waals surface area contributed by atoms with Crippen LogP contribution in [0.15, 0.2) is 0 Å². The Bertz CT molecular complexity index is 105. The van der Waals surface area contributed by atoms with Gasteiger partial charge in [0.05, 0.1) is 0 Å². The summed E-state index contributed by atoms with van der Waals surface area (Å²) in [6, 6.07) is 0. The topological polar surface area (TPSA) is 40.1 Å². The molecule has 0 unspecified atom stereocenters. The maximum atomic E-state index is 10.1. The molecular weight excluding hydrogens is 116 g/mol. The van der Waals surface area contributed by atoms with Gasteiger partial charge in [-0.15, -0.1) is 0 Å². The molecule has 0 aromatic heterocycles. The van der Waals surface area contributed by atoms with E-state index in [1.165, 1.54) is 0 Å². The molecule has 0 aliphatic rings. The first-order valence-corrected chi connectivity index (χ1v) is 3.18. The van der Waals surface area contributed by atoms with E-state index in [0.29, 0.717) is 0 Å². The van der Waals surface area contributed by atoms with Crippen molar-refractivity contribution in [2.75, 3.05) is 0 Å². The first-order valence-electron chi connectivity index (χ1n) is 3.18. The average molecular weight is 129 g/mol. The van der Waals surface area contributed by atoms with Crippen LogP contribution in [0, 0.1) is 5.41 Å². The van der Waals surface area contributed by atoms with E-state index in [2.05, 4.69) is 0 Å². The summed E-state index contributed by atoms with van der Waals surface area (Å²) in [4.78, 5) is 10.1. The molecule has 0 aromatic rings. The lowest BCUT2D eigenvalue weighted by atomic mass is 9.87. The summed E-state index contributed by atoms with van der Waals surface area (Å²) in [7, 11) is 0. The smallest absolute Gasteiger partial charge is 0.0419 e. The van der Waals surface area contributed by atoms with Crippen LogP contribution in [-0.4, -0.2) is 5.97 Å². The normalized spacial score (nSPS) is 11.4. The number of rotatable bonds is 3. The standard InChI is InChI=1S/C7H14O2/c1-4-7(2,3)5-6(8)9/h4-5H2,1-3H3,(H,8,9)/p-1. The van der Waals surface area contributed by atoms with E-state index < -0.39 is 5.97 Å². The van der Waals surface area contributed by atoms with Crippen LogP contribution in [0.5, 0.6) is 0 Å². The van der Waals surface area contributed by atoms with Gasteiger partial charge < -0.3 is 9.90 Å². The van der Waals surface area contributed by atoms with Crippen molar-refractivity contribution in [2.45, 2.75) is 33.6 Å². The van der Waals surface area contributed by atoms with Gasteiger partial charge in [0.1, 0.15) is 0 Å². The highest BCUT2D eigenvalue weighted by atomic mass is 16.4. The van der Waals surface area contributed by atoms with Crippen molar-refractivity contribution in [1.82, 2.24) is 0 Å².